The molecule has 3 amide bonds. The van der Waals surface area contributed by atoms with Gasteiger partial charge in [-0.3, -0.25) is 9.78 Å². The van der Waals surface area contributed by atoms with Gasteiger partial charge in [-0.25, -0.2) is 4.79 Å². The fourth-order valence-corrected chi connectivity index (χ4v) is 2.81. The van der Waals surface area contributed by atoms with Gasteiger partial charge < -0.3 is 20.7 Å². The molecule has 0 spiro atoms. The minimum Gasteiger partial charge on any atom is -0.457 e. The Morgan fingerprint density at radius 1 is 0.912 bits per heavy atom. The molecule has 2 aromatic carbocycles. The number of nitrogens with one attached hydrogen (secondary N) is 3. The van der Waals surface area contributed by atoms with Gasteiger partial charge in [0.15, 0.2) is 0 Å². The standard InChI is InChI=1S/C21H16ClF3N4O3.C2H6/c1-26-19(30)18-11-15(8-9-27-18)32-14-5-2-12(3-6-14)28-20(31)29-13-4-7-17(22)16(10-13)21(23,24)25;1-2/h2-11H,1H3,(H,26,30)(H2,28,29,31);1-2H3. The van der Waals surface area contributed by atoms with Crippen LogP contribution >= 0.6 is 11.6 Å². The van der Waals surface area contributed by atoms with Crippen LogP contribution in [0.2, 0.25) is 5.02 Å². The molecule has 7 nitrogen and oxygen atoms in total. The highest BCUT2D eigenvalue weighted by molar-refractivity contribution is 6.31. The lowest BCUT2D eigenvalue weighted by Gasteiger charge is -2.12. The number of anilines is 2. The zero-order chi connectivity index (χ0) is 25.3. The van der Waals surface area contributed by atoms with Crippen LogP contribution in [0.25, 0.3) is 0 Å². The molecule has 1 heterocycles. The van der Waals surface area contributed by atoms with E-state index in [9.17, 15) is 22.8 Å². The van der Waals surface area contributed by atoms with Crippen molar-refractivity contribution in [2.24, 2.45) is 0 Å². The molecule has 0 unspecified atom stereocenters. The Labute approximate surface area is 199 Å². The molecule has 0 saturated heterocycles. The van der Waals surface area contributed by atoms with Crippen LogP contribution in [0.1, 0.15) is 29.9 Å². The van der Waals surface area contributed by atoms with Crippen molar-refractivity contribution in [2.75, 3.05) is 17.7 Å². The van der Waals surface area contributed by atoms with Crippen molar-refractivity contribution in [3.8, 4) is 11.5 Å². The topological polar surface area (TPSA) is 92.4 Å². The fraction of sp³-hybridized carbons (Fsp3) is 0.174. The van der Waals surface area contributed by atoms with Crippen molar-refractivity contribution in [1.82, 2.24) is 10.3 Å². The minimum atomic E-state index is -4.64. The number of alkyl halides is 3. The first-order valence-corrected chi connectivity index (χ1v) is 10.4. The Morgan fingerprint density at radius 3 is 2.15 bits per heavy atom. The van der Waals surface area contributed by atoms with E-state index in [1.165, 1.54) is 25.4 Å². The number of hydrogen-bond donors (Lipinski definition) is 3. The van der Waals surface area contributed by atoms with E-state index in [2.05, 4.69) is 20.9 Å². The van der Waals surface area contributed by atoms with Crippen molar-refractivity contribution in [3.05, 3.63) is 77.1 Å². The summed E-state index contributed by atoms with van der Waals surface area (Å²) in [5.74, 6) is 0.460. The van der Waals surface area contributed by atoms with Crippen LogP contribution in [-0.4, -0.2) is 24.0 Å². The third-order valence-corrected chi connectivity index (χ3v) is 4.40. The SMILES string of the molecule is CC.CNC(=O)c1cc(Oc2ccc(NC(=O)Nc3ccc(Cl)c(C(F)(F)F)c3)cc2)ccn1. The summed E-state index contributed by atoms with van der Waals surface area (Å²) in [6.07, 6.45) is -3.21. The molecule has 3 N–H and O–H groups in total. The van der Waals surface area contributed by atoms with E-state index >= 15 is 0 Å². The molecule has 34 heavy (non-hydrogen) atoms. The number of nitrogens with zero attached hydrogens (tertiary/aromatic N) is 1. The van der Waals surface area contributed by atoms with Crippen LogP contribution in [0.3, 0.4) is 0 Å². The van der Waals surface area contributed by atoms with E-state index in [-0.39, 0.29) is 17.3 Å². The van der Waals surface area contributed by atoms with Crippen LogP contribution in [0.4, 0.5) is 29.3 Å². The van der Waals surface area contributed by atoms with Gasteiger partial charge in [0.05, 0.1) is 10.6 Å². The van der Waals surface area contributed by atoms with Crippen LogP contribution < -0.4 is 20.7 Å². The van der Waals surface area contributed by atoms with Gasteiger partial charge in [0, 0.05) is 30.7 Å². The summed E-state index contributed by atoms with van der Waals surface area (Å²) in [6.45, 7) is 4.00. The summed E-state index contributed by atoms with van der Waals surface area (Å²) in [7, 11) is 1.49. The van der Waals surface area contributed by atoms with Crippen molar-refractivity contribution >= 4 is 34.9 Å². The normalized spacial score (nSPS) is 10.4. The Morgan fingerprint density at radius 2 is 1.53 bits per heavy atom. The third-order valence-electron chi connectivity index (χ3n) is 4.07. The lowest BCUT2D eigenvalue weighted by atomic mass is 10.2. The van der Waals surface area contributed by atoms with Gasteiger partial charge >= 0.3 is 12.2 Å². The van der Waals surface area contributed by atoms with Crippen LogP contribution in [0, 0.1) is 0 Å². The van der Waals surface area contributed by atoms with E-state index in [4.69, 9.17) is 16.3 Å². The zero-order valence-electron chi connectivity index (χ0n) is 18.5. The van der Waals surface area contributed by atoms with Gasteiger partial charge in [0.1, 0.15) is 17.2 Å². The first kappa shape index (κ1) is 26.5. The number of urea groups is 1. The van der Waals surface area contributed by atoms with Crippen LogP contribution in [0.15, 0.2) is 60.8 Å². The molecule has 3 aromatic rings. The predicted octanol–water partition coefficient (Wildman–Crippen LogP) is 6.58. The molecular formula is C23H22ClF3N4O3. The molecule has 0 atom stereocenters. The number of ether oxygens (including phenoxy) is 1. The van der Waals surface area contributed by atoms with E-state index in [1.807, 2.05) is 13.8 Å². The second kappa shape index (κ2) is 11.9. The number of pyridine rings is 1. The van der Waals surface area contributed by atoms with Gasteiger partial charge in [-0.1, -0.05) is 25.4 Å². The number of carbonyl (C=O) groups excluding carboxylic acids is 2. The monoisotopic (exact) mass is 494 g/mol. The van der Waals surface area contributed by atoms with Crippen molar-refractivity contribution in [3.63, 3.8) is 0 Å². The van der Waals surface area contributed by atoms with E-state index in [0.29, 0.717) is 17.2 Å². The van der Waals surface area contributed by atoms with E-state index in [1.54, 1.807) is 30.3 Å². The summed E-state index contributed by atoms with van der Waals surface area (Å²) >= 11 is 5.57. The van der Waals surface area contributed by atoms with Gasteiger partial charge in [-0.05, 0) is 48.5 Å². The first-order chi connectivity index (χ1) is 16.2. The number of aromatic nitrogens is 1. The molecule has 0 bridgehead atoms. The summed E-state index contributed by atoms with van der Waals surface area (Å²) < 4.78 is 44.5. The maximum Gasteiger partial charge on any atom is 0.417 e. The molecule has 1 aromatic heterocycles. The highest BCUT2D eigenvalue weighted by Crippen LogP contribution is 2.36. The number of hydrogen-bond acceptors (Lipinski definition) is 4. The Hall–Kier alpha value is -3.79. The lowest BCUT2D eigenvalue weighted by molar-refractivity contribution is -0.137. The molecule has 0 fully saturated rings. The lowest BCUT2D eigenvalue weighted by Crippen LogP contribution is -2.19. The summed E-state index contributed by atoms with van der Waals surface area (Å²) in [4.78, 5) is 27.7. The van der Waals surface area contributed by atoms with E-state index in [0.717, 1.165) is 12.1 Å². The maximum absolute atomic E-state index is 12.9. The molecule has 180 valence electrons. The second-order valence-corrected chi connectivity index (χ2v) is 6.76. The van der Waals surface area contributed by atoms with Gasteiger partial charge in [0.2, 0.25) is 0 Å². The number of benzene rings is 2. The number of halogens is 4. The Kier molecular flexibility index (Phi) is 9.26. The van der Waals surface area contributed by atoms with Crippen LogP contribution in [-0.2, 0) is 6.18 Å². The van der Waals surface area contributed by atoms with Crippen molar-refractivity contribution in [1.29, 1.82) is 0 Å². The quantitative estimate of drug-likeness (QED) is 0.373. The average Bonchev–Trinajstić information content (AvgIpc) is 2.82. The molecule has 0 aliphatic heterocycles. The molecule has 3 rings (SSSR count). The first-order valence-electron chi connectivity index (χ1n) is 10.1. The number of carbonyl (C=O) groups is 2. The minimum absolute atomic E-state index is 0.0659. The van der Waals surface area contributed by atoms with Crippen LogP contribution in [0.5, 0.6) is 11.5 Å². The molecule has 0 aliphatic carbocycles. The molecule has 0 saturated carbocycles. The molecule has 0 aliphatic rings. The third kappa shape index (κ3) is 7.38. The maximum atomic E-state index is 12.9. The predicted molar refractivity (Wildman–Crippen MR) is 125 cm³/mol. The van der Waals surface area contributed by atoms with Gasteiger partial charge in [0.25, 0.3) is 5.91 Å². The largest absolute Gasteiger partial charge is 0.457 e. The zero-order valence-corrected chi connectivity index (χ0v) is 19.2. The average molecular weight is 495 g/mol. The summed E-state index contributed by atoms with van der Waals surface area (Å²) in [5, 5.41) is 6.83. The van der Waals surface area contributed by atoms with Crippen molar-refractivity contribution < 1.29 is 27.5 Å². The van der Waals surface area contributed by atoms with E-state index < -0.39 is 22.8 Å². The second-order valence-electron chi connectivity index (χ2n) is 6.35. The van der Waals surface area contributed by atoms with Crippen molar-refractivity contribution in [2.45, 2.75) is 20.0 Å². The smallest absolute Gasteiger partial charge is 0.417 e. The molecule has 0 radical (unpaired) electrons. The number of amides is 3. The molecule has 11 heteroatoms. The molecular weight excluding hydrogens is 473 g/mol. The summed E-state index contributed by atoms with van der Waals surface area (Å²) in [6, 6.07) is 11.6. The number of rotatable bonds is 5. The highest BCUT2D eigenvalue weighted by atomic mass is 35.5. The Balaban J connectivity index is 0.00000199. The highest BCUT2D eigenvalue weighted by Gasteiger charge is 2.33. The van der Waals surface area contributed by atoms with Gasteiger partial charge in [-0.15, -0.1) is 0 Å². The van der Waals surface area contributed by atoms with Gasteiger partial charge in [-0.2, -0.15) is 13.2 Å². The fourth-order valence-electron chi connectivity index (χ4n) is 2.58. The summed E-state index contributed by atoms with van der Waals surface area (Å²) in [5.41, 5.74) is -0.547. The Bertz CT molecular complexity index is 1140.